The number of hydrogen-bond donors (Lipinski definition) is 3. The van der Waals surface area contributed by atoms with Gasteiger partial charge in [-0.25, -0.2) is 13.6 Å². The second kappa shape index (κ2) is 3.24. The van der Waals surface area contributed by atoms with Crippen LogP contribution in [0.1, 0.15) is 12.8 Å². The maximum absolute atomic E-state index is 10.6. The molecule has 0 heterocycles. The van der Waals surface area contributed by atoms with Crippen LogP contribution in [0.4, 0.5) is 0 Å². The molecule has 0 amide bonds. The van der Waals surface area contributed by atoms with Crippen LogP contribution in [0.5, 0.6) is 0 Å². The van der Waals surface area contributed by atoms with E-state index in [1.807, 2.05) is 0 Å². The summed E-state index contributed by atoms with van der Waals surface area (Å²) >= 11 is 0. The minimum Gasteiger partial charge on any atom is -0.480 e. The molecule has 0 bridgehead atoms. The predicted octanol–water partition coefficient (Wildman–Crippen LogP) is -1.52. The summed E-state index contributed by atoms with van der Waals surface area (Å²) in [5, 5.41) is 16.1. The number of nitrogens with one attached hydrogen (secondary N) is 1. The molecular weight excluding hydrogens is 196 g/mol. The lowest BCUT2D eigenvalue weighted by Gasteiger charge is -2.10. The average molecular weight is 208 g/mol. The molecule has 7 heteroatoms. The van der Waals surface area contributed by atoms with Crippen LogP contribution in [0.15, 0.2) is 0 Å². The molecule has 1 saturated carbocycles. The van der Waals surface area contributed by atoms with Gasteiger partial charge >= 0.3 is 5.97 Å². The SMILES string of the molecule is NS(=O)(=O)CCNC1(C(=O)O)CC1. The number of carboxylic acids is 1. The molecule has 0 saturated heterocycles. The van der Waals surface area contributed by atoms with Gasteiger partial charge in [0.1, 0.15) is 5.54 Å². The van der Waals surface area contributed by atoms with Crippen molar-refractivity contribution in [3.63, 3.8) is 0 Å². The zero-order valence-electron chi connectivity index (χ0n) is 6.99. The average Bonchev–Trinajstić information content (AvgIpc) is 2.65. The van der Waals surface area contributed by atoms with Crippen molar-refractivity contribution in [3.05, 3.63) is 0 Å². The molecular formula is C6H12N2O4S. The third kappa shape index (κ3) is 2.94. The number of aliphatic carboxylic acids is 1. The van der Waals surface area contributed by atoms with Crippen LogP contribution in [0.25, 0.3) is 0 Å². The summed E-state index contributed by atoms with van der Waals surface area (Å²) in [7, 11) is -3.50. The molecule has 76 valence electrons. The van der Waals surface area contributed by atoms with E-state index in [0.29, 0.717) is 12.8 Å². The van der Waals surface area contributed by atoms with Crippen molar-refractivity contribution in [2.75, 3.05) is 12.3 Å². The van der Waals surface area contributed by atoms with Crippen LogP contribution >= 0.6 is 0 Å². The summed E-state index contributed by atoms with van der Waals surface area (Å²) in [6.07, 6.45) is 1.10. The van der Waals surface area contributed by atoms with Crippen LogP contribution in [0.3, 0.4) is 0 Å². The number of carbonyl (C=O) groups is 1. The van der Waals surface area contributed by atoms with Gasteiger partial charge in [0.2, 0.25) is 10.0 Å². The molecule has 0 spiro atoms. The predicted molar refractivity (Wildman–Crippen MR) is 45.6 cm³/mol. The van der Waals surface area contributed by atoms with Crippen LogP contribution in [-0.4, -0.2) is 37.3 Å². The fourth-order valence-electron chi connectivity index (χ4n) is 1.02. The highest BCUT2D eigenvalue weighted by molar-refractivity contribution is 7.89. The second-order valence-corrected chi connectivity index (χ2v) is 4.91. The summed E-state index contributed by atoms with van der Waals surface area (Å²) in [5.41, 5.74) is -0.884. The lowest BCUT2D eigenvalue weighted by Crippen LogP contribution is -2.42. The number of nitrogens with two attached hydrogens (primary N) is 1. The first kappa shape index (κ1) is 10.4. The van der Waals surface area contributed by atoms with E-state index >= 15 is 0 Å². The third-order valence-electron chi connectivity index (χ3n) is 2.01. The standard InChI is InChI=1S/C6H12N2O4S/c7-13(11,12)4-3-8-6(1-2-6)5(9)10/h8H,1-4H2,(H,9,10)(H2,7,11,12). The van der Waals surface area contributed by atoms with E-state index in [2.05, 4.69) is 5.32 Å². The van der Waals surface area contributed by atoms with Gasteiger partial charge in [-0.1, -0.05) is 0 Å². The van der Waals surface area contributed by atoms with Gasteiger partial charge < -0.3 is 10.4 Å². The number of primary sulfonamides is 1. The summed E-state index contributed by atoms with van der Waals surface area (Å²) in [6.45, 7) is 0.0884. The molecule has 0 aliphatic heterocycles. The van der Waals surface area contributed by atoms with E-state index < -0.39 is 21.5 Å². The third-order valence-corrected chi connectivity index (χ3v) is 2.78. The van der Waals surface area contributed by atoms with Crippen molar-refractivity contribution < 1.29 is 18.3 Å². The number of hydrogen-bond acceptors (Lipinski definition) is 4. The highest BCUT2D eigenvalue weighted by atomic mass is 32.2. The summed E-state index contributed by atoms with van der Waals surface area (Å²) in [6, 6.07) is 0. The quantitative estimate of drug-likeness (QED) is 0.508. The summed E-state index contributed by atoms with van der Waals surface area (Å²) in [5.74, 6) is -1.16. The smallest absolute Gasteiger partial charge is 0.323 e. The zero-order chi connectivity index (χ0) is 10.1. The Morgan fingerprint density at radius 2 is 2.08 bits per heavy atom. The Morgan fingerprint density at radius 3 is 2.38 bits per heavy atom. The molecule has 1 aliphatic carbocycles. The normalized spacial score (nSPS) is 19.8. The largest absolute Gasteiger partial charge is 0.480 e. The Hall–Kier alpha value is -0.660. The minimum atomic E-state index is -3.50. The van der Waals surface area contributed by atoms with Gasteiger partial charge in [-0.2, -0.15) is 0 Å². The first-order valence-electron chi connectivity index (χ1n) is 3.85. The molecule has 0 unspecified atom stereocenters. The van der Waals surface area contributed by atoms with Gasteiger partial charge in [0, 0.05) is 6.54 Å². The van der Waals surface area contributed by atoms with Gasteiger partial charge in [0.25, 0.3) is 0 Å². The lowest BCUT2D eigenvalue weighted by molar-refractivity contribution is -0.140. The van der Waals surface area contributed by atoms with Gasteiger partial charge in [0.15, 0.2) is 0 Å². The molecule has 0 radical (unpaired) electrons. The summed E-state index contributed by atoms with van der Waals surface area (Å²) < 4.78 is 21.0. The molecule has 4 N–H and O–H groups in total. The number of carboxylic acid groups (broad SMARTS) is 1. The topological polar surface area (TPSA) is 109 Å². The maximum atomic E-state index is 10.6. The second-order valence-electron chi connectivity index (χ2n) is 3.18. The van der Waals surface area contributed by atoms with Crippen molar-refractivity contribution in [3.8, 4) is 0 Å². The molecule has 0 aromatic carbocycles. The number of sulfonamides is 1. The van der Waals surface area contributed by atoms with Gasteiger partial charge in [-0.3, -0.25) is 4.79 Å². The first-order chi connectivity index (χ1) is 5.86. The van der Waals surface area contributed by atoms with Crippen molar-refractivity contribution in [1.29, 1.82) is 0 Å². The fourth-order valence-corrected chi connectivity index (χ4v) is 1.41. The Bertz CT molecular complexity index is 307. The highest BCUT2D eigenvalue weighted by Crippen LogP contribution is 2.35. The zero-order valence-corrected chi connectivity index (χ0v) is 7.80. The van der Waals surface area contributed by atoms with Gasteiger partial charge in [0.05, 0.1) is 5.75 Å². The van der Waals surface area contributed by atoms with E-state index in [1.165, 1.54) is 0 Å². The molecule has 0 aromatic heterocycles. The Labute approximate surface area is 76.2 Å². The Kier molecular flexibility index (Phi) is 2.60. The molecule has 1 fully saturated rings. The molecule has 0 atom stereocenters. The van der Waals surface area contributed by atoms with E-state index in [0.717, 1.165) is 0 Å². The molecule has 1 rings (SSSR count). The van der Waals surface area contributed by atoms with E-state index in [1.54, 1.807) is 0 Å². The fraction of sp³-hybridized carbons (Fsp3) is 0.833. The van der Waals surface area contributed by atoms with Gasteiger partial charge in [-0.15, -0.1) is 0 Å². The number of rotatable bonds is 5. The van der Waals surface area contributed by atoms with E-state index in [4.69, 9.17) is 10.2 Å². The molecule has 0 aromatic rings. The maximum Gasteiger partial charge on any atom is 0.323 e. The van der Waals surface area contributed by atoms with E-state index in [9.17, 15) is 13.2 Å². The van der Waals surface area contributed by atoms with Crippen LogP contribution in [-0.2, 0) is 14.8 Å². The first-order valence-corrected chi connectivity index (χ1v) is 5.56. The van der Waals surface area contributed by atoms with Crippen LogP contribution in [0, 0.1) is 0 Å². The highest BCUT2D eigenvalue weighted by Gasteiger charge is 2.49. The Balaban J connectivity index is 2.32. The van der Waals surface area contributed by atoms with Gasteiger partial charge in [-0.05, 0) is 12.8 Å². The van der Waals surface area contributed by atoms with Crippen molar-refractivity contribution in [2.24, 2.45) is 5.14 Å². The van der Waals surface area contributed by atoms with Crippen LogP contribution < -0.4 is 10.5 Å². The monoisotopic (exact) mass is 208 g/mol. The van der Waals surface area contributed by atoms with Crippen LogP contribution in [0.2, 0.25) is 0 Å². The lowest BCUT2D eigenvalue weighted by atomic mass is 10.3. The van der Waals surface area contributed by atoms with Crippen molar-refractivity contribution in [2.45, 2.75) is 18.4 Å². The Morgan fingerprint density at radius 1 is 1.54 bits per heavy atom. The van der Waals surface area contributed by atoms with Crippen molar-refractivity contribution in [1.82, 2.24) is 5.32 Å². The molecule has 6 nitrogen and oxygen atoms in total. The summed E-state index contributed by atoms with van der Waals surface area (Å²) in [4.78, 5) is 10.6. The van der Waals surface area contributed by atoms with Crippen molar-refractivity contribution >= 4 is 16.0 Å². The molecule has 13 heavy (non-hydrogen) atoms. The van der Waals surface area contributed by atoms with E-state index in [-0.39, 0.29) is 12.3 Å². The minimum absolute atomic E-state index is 0.0884. The molecule has 1 aliphatic rings.